The van der Waals surface area contributed by atoms with Gasteiger partial charge in [0.2, 0.25) is 0 Å². The molecule has 2 fully saturated rings. The Balaban J connectivity index is 0.000000980. The van der Waals surface area contributed by atoms with Crippen LogP contribution in [0, 0.1) is 11.8 Å². The maximum absolute atomic E-state index is 2.67. The van der Waals surface area contributed by atoms with E-state index in [4.69, 9.17) is 0 Å². The monoisotopic (exact) mass is 310 g/mol. The van der Waals surface area contributed by atoms with Crippen LogP contribution in [0.1, 0.15) is 12.8 Å². The fourth-order valence-corrected chi connectivity index (χ4v) is 2.48. The van der Waals surface area contributed by atoms with Crippen molar-refractivity contribution in [2.45, 2.75) is 12.8 Å². The SMILES string of the molecule is C[N+](C)(C)CCN1CC2CCC2C1.[I-]. The topological polar surface area (TPSA) is 3.24 Å². The summed E-state index contributed by atoms with van der Waals surface area (Å²) in [6.45, 7) is 5.38. The molecule has 1 saturated carbocycles. The highest BCUT2D eigenvalue weighted by Crippen LogP contribution is 2.40. The highest BCUT2D eigenvalue weighted by atomic mass is 127. The van der Waals surface area contributed by atoms with E-state index in [2.05, 4.69) is 26.0 Å². The summed E-state index contributed by atoms with van der Waals surface area (Å²) < 4.78 is 1.10. The molecule has 2 atom stereocenters. The molecular weight excluding hydrogens is 287 g/mol. The number of rotatable bonds is 3. The number of likely N-dealkylation sites (tertiary alicyclic amines) is 1. The second-order valence-electron chi connectivity index (χ2n) is 5.87. The van der Waals surface area contributed by atoms with Gasteiger partial charge in [-0.05, 0) is 24.7 Å². The van der Waals surface area contributed by atoms with Crippen LogP contribution in [0.4, 0.5) is 0 Å². The number of halogens is 1. The molecular formula is C11H23IN2. The Labute approximate surface area is 105 Å². The number of likely N-dealkylation sites (N-methyl/N-ethyl adjacent to an activating group) is 1. The van der Waals surface area contributed by atoms with Gasteiger partial charge >= 0.3 is 0 Å². The van der Waals surface area contributed by atoms with Crippen molar-refractivity contribution in [3.63, 3.8) is 0 Å². The summed E-state index contributed by atoms with van der Waals surface area (Å²) in [5.41, 5.74) is 0. The molecule has 0 aromatic rings. The van der Waals surface area contributed by atoms with Gasteiger partial charge in [-0.15, -0.1) is 0 Å². The Morgan fingerprint density at radius 3 is 1.93 bits per heavy atom. The Morgan fingerprint density at radius 2 is 1.57 bits per heavy atom. The molecule has 1 aliphatic heterocycles. The first-order valence-electron chi connectivity index (χ1n) is 5.57. The molecule has 2 rings (SSSR count). The first-order valence-corrected chi connectivity index (χ1v) is 5.57. The van der Waals surface area contributed by atoms with Gasteiger partial charge < -0.3 is 28.5 Å². The molecule has 1 heterocycles. The van der Waals surface area contributed by atoms with Crippen LogP contribution >= 0.6 is 0 Å². The molecule has 0 amide bonds. The third-order valence-electron chi connectivity index (χ3n) is 3.65. The maximum atomic E-state index is 2.67. The minimum atomic E-state index is 0. The molecule has 2 nitrogen and oxygen atoms in total. The van der Waals surface area contributed by atoms with Crippen molar-refractivity contribution >= 4 is 0 Å². The van der Waals surface area contributed by atoms with Gasteiger partial charge in [0.05, 0.1) is 27.7 Å². The van der Waals surface area contributed by atoms with E-state index in [0.717, 1.165) is 16.3 Å². The summed E-state index contributed by atoms with van der Waals surface area (Å²) >= 11 is 0. The highest BCUT2D eigenvalue weighted by molar-refractivity contribution is 4.91. The molecule has 0 aromatic carbocycles. The number of hydrogen-bond acceptors (Lipinski definition) is 1. The van der Waals surface area contributed by atoms with E-state index in [9.17, 15) is 0 Å². The summed E-state index contributed by atoms with van der Waals surface area (Å²) in [7, 11) is 6.85. The lowest BCUT2D eigenvalue weighted by molar-refractivity contribution is -0.869. The number of nitrogens with zero attached hydrogens (tertiary/aromatic N) is 2. The molecule has 0 spiro atoms. The van der Waals surface area contributed by atoms with E-state index in [-0.39, 0.29) is 24.0 Å². The summed E-state index contributed by atoms with van der Waals surface area (Å²) in [4.78, 5) is 2.67. The van der Waals surface area contributed by atoms with Gasteiger partial charge in [0.25, 0.3) is 0 Å². The van der Waals surface area contributed by atoms with Gasteiger partial charge in [0.15, 0.2) is 0 Å². The van der Waals surface area contributed by atoms with Crippen LogP contribution < -0.4 is 24.0 Å². The Hall–Kier alpha value is 0.650. The fraction of sp³-hybridized carbons (Fsp3) is 1.00. The van der Waals surface area contributed by atoms with Gasteiger partial charge in [-0.2, -0.15) is 0 Å². The third-order valence-corrected chi connectivity index (χ3v) is 3.65. The van der Waals surface area contributed by atoms with Crippen molar-refractivity contribution in [2.24, 2.45) is 11.8 Å². The fourth-order valence-electron chi connectivity index (χ4n) is 2.48. The molecule has 0 bridgehead atoms. The number of fused-ring (bicyclic) bond motifs is 1. The maximum Gasteiger partial charge on any atom is 0.0909 e. The molecule has 14 heavy (non-hydrogen) atoms. The minimum absolute atomic E-state index is 0. The molecule has 1 aliphatic carbocycles. The van der Waals surface area contributed by atoms with Gasteiger partial charge in [-0.25, -0.2) is 0 Å². The van der Waals surface area contributed by atoms with Crippen LogP contribution in [0.15, 0.2) is 0 Å². The number of quaternary nitrogens is 1. The van der Waals surface area contributed by atoms with Crippen molar-refractivity contribution in [2.75, 3.05) is 47.3 Å². The molecule has 0 aromatic heterocycles. The average Bonchev–Trinajstić information content (AvgIpc) is 2.24. The first-order chi connectivity index (χ1) is 6.04. The van der Waals surface area contributed by atoms with E-state index in [0.29, 0.717) is 0 Å². The van der Waals surface area contributed by atoms with Crippen LogP contribution in [0.25, 0.3) is 0 Å². The Morgan fingerprint density at radius 1 is 1.07 bits per heavy atom. The van der Waals surface area contributed by atoms with Crippen molar-refractivity contribution in [1.82, 2.24) is 4.90 Å². The predicted octanol–water partition coefficient (Wildman–Crippen LogP) is -1.96. The van der Waals surface area contributed by atoms with E-state index in [1.807, 2.05) is 0 Å². The normalized spacial score (nSPS) is 31.9. The Bertz CT molecular complexity index is 176. The highest BCUT2D eigenvalue weighted by Gasteiger charge is 2.39. The van der Waals surface area contributed by atoms with Crippen molar-refractivity contribution < 1.29 is 28.5 Å². The van der Waals surface area contributed by atoms with Crippen molar-refractivity contribution in [1.29, 1.82) is 0 Å². The van der Waals surface area contributed by atoms with Crippen LogP contribution in [0.3, 0.4) is 0 Å². The summed E-state index contributed by atoms with van der Waals surface area (Å²) in [5.74, 6) is 2.15. The first kappa shape index (κ1) is 12.7. The van der Waals surface area contributed by atoms with Crippen LogP contribution in [0.5, 0.6) is 0 Å². The van der Waals surface area contributed by atoms with Gasteiger partial charge in [0.1, 0.15) is 0 Å². The Kier molecular flexibility index (Phi) is 4.23. The summed E-state index contributed by atoms with van der Waals surface area (Å²) in [6, 6.07) is 0. The van der Waals surface area contributed by atoms with E-state index in [1.165, 1.54) is 39.0 Å². The van der Waals surface area contributed by atoms with Crippen LogP contribution in [-0.2, 0) is 0 Å². The second-order valence-corrected chi connectivity index (χ2v) is 5.87. The zero-order valence-electron chi connectivity index (χ0n) is 9.67. The molecule has 0 radical (unpaired) electrons. The molecule has 2 unspecified atom stereocenters. The lowest BCUT2D eigenvalue weighted by atomic mass is 9.77. The standard InChI is InChI=1S/C11H23N2.HI/c1-13(2,3)7-6-12-8-10-4-5-11(10)9-12;/h10-11H,4-9H2,1-3H3;1H/q+1;/p-1. The molecule has 0 N–H and O–H groups in total. The van der Waals surface area contributed by atoms with Crippen molar-refractivity contribution in [3.05, 3.63) is 0 Å². The van der Waals surface area contributed by atoms with Gasteiger partial charge in [-0.1, -0.05) is 0 Å². The second kappa shape index (κ2) is 4.66. The predicted molar refractivity (Wildman–Crippen MR) is 55.6 cm³/mol. The molecule has 2 aliphatic rings. The summed E-state index contributed by atoms with van der Waals surface area (Å²) in [5, 5.41) is 0. The third kappa shape index (κ3) is 3.07. The molecule has 1 saturated heterocycles. The lowest BCUT2D eigenvalue weighted by Crippen LogP contribution is -3.00. The van der Waals surface area contributed by atoms with E-state index in [1.54, 1.807) is 0 Å². The average molecular weight is 310 g/mol. The zero-order valence-corrected chi connectivity index (χ0v) is 11.8. The number of hydrogen-bond donors (Lipinski definition) is 0. The molecule has 3 heteroatoms. The lowest BCUT2D eigenvalue weighted by Gasteiger charge is -2.28. The van der Waals surface area contributed by atoms with E-state index < -0.39 is 0 Å². The van der Waals surface area contributed by atoms with Crippen molar-refractivity contribution in [3.8, 4) is 0 Å². The van der Waals surface area contributed by atoms with E-state index >= 15 is 0 Å². The smallest absolute Gasteiger partial charge is 0.0909 e. The van der Waals surface area contributed by atoms with Crippen LogP contribution in [-0.4, -0.2) is 56.7 Å². The van der Waals surface area contributed by atoms with Crippen LogP contribution in [0.2, 0.25) is 0 Å². The van der Waals surface area contributed by atoms with Gasteiger partial charge in [0, 0.05) is 19.6 Å². The molecule has 84 valence electrons. The quantitative estimate of drug-likeness (QED) is 0.432. The minimum Gasteiger partial charge on any atom is -1.00 e. The summed E-state index contributed by atoms with van der Waals surface area (Å²) in [6.07, 6.45) is 3.01. The zero-order chi connectivity index (χ0) is 9.47. The largest absolute Gasteiger partial charge is 1.00 e. The van der Waals surface area contributed by atoms with Gasteiger partial charge in [-0.3, -0.25) is 4.90 Å².